The zero-order valence-corrected chi connectivity index (χ0v) is 48.4. The number of carbonyl (C=O) groups is 3. The van der Waals surface area contributed by atoms with Crippen LogP contribution in [0.2, 0.25) is 0 Å². The Labute approximate surface area is 453 Å². The van der Waals surface area contributed by atoms with Crippen molar-refractivity contribution >= 4 is 17.9 Å². The normalized spacial score (nSPS) is 12.5. The van der Waals surface area contributed by atoms with Gasteiger partial charge in [0.25, 0.3) is 0 Å². The van der Waals surface area contributed by atoms with Crippen LogP contribution >= 0.6 is 0 Å². The summed E-state index contributed by atoms with van der Waals surface area (Å²) in [6.07, 6.45) is 79.2. The molecule has 0 rings (SSSR count). The molecule has 0 fully saturated rings. The lowest BCUT2D eigenvalue weighted by atomic mass is 10.0. The standard InChI is InChI=1S/C67H118O6/c1-4-7-10-13-16-19-22-24-26-27-28-29-30-31-32-33-34-35-36-37-38-39-41-42-45-48-51-54-57-60-66(69)72-63-64(62-71-65(68)59-56-53-50-47-44-21-18-15-12-9-6-3)73-67(70)61-58-55-52-49-46-43-40-25-23-20-17-14-11-8-5-2/h7,10,15-16,18-19,24-26,28-29,40,64H,4-6,8-9,11-14,17,20-23,27,30-39,41-63H2,1-3H3/b10-7-,18-15-,19-16-,26-24-,29-28-,40-25-. The molecule has 0 amide bonds. The second kappa shape index (κ2) is 61.4. The van der Waals surface area contributed by atoms with Crippen LogP contribution in [0, 0.1) is 0 Å². The topological polar surface area (TPSA) is 78.9 Å². The first-order chi connectivity index (χ1) is 36.0. The van der Waals surface area contributed by atoms with Crippen LogP contribution in [0.4, 0.5) is 0 Å². The van der Waals surface area contributed by atoms with Gasteiger partial charge in [0, 0.05) is 19.3 Å². The molecule has 1 atom stereocenters. The van der Waals surface area contributed by atoms with Crippen molar-refractivity contribution in [2.75, 3.05) is 13.2 Å². The molecule has 0 bridgehead atoms. The Kier molecular flexibility index (Phi) is 58.7. The van der Waals surface area contributed by atoms with Crippen LogP contribution in [0.1, 0.15) is 316 Å². The Balaban J connectivity index is 4.17. The second-order valence-electron chi connectivity index (χ2n) is 20.9. The smallest absolute Gasteiger partial charge is 0.306 e. The third-order valence-electron chi connectivity index (χ3n) is 13.7. The van der Waals surface area contributed by atoms with E-state index >= 15 is 0 Å². The number of rotatable bonds is 57. The fraction of sp³-hybridized carbons (Fsp3) is 0.776. The summed E-state index contributed by atoms with van der Waals surface area (Å²) in [7, 11) is 0. The van der Waals surface area contributed by atoms with Gasteiger partial charge in [-0.1, -0.05) is 267 Å². The van der Waals surface area contributed by atoms with Gasteiger partial charge >= 0.3 is 17.9 Å². The van der Waals surface area contributed by atoms with E-state index in [0.29, 0.717) is 19.3 Å². The highest BCUT2D eigenvalue weighted by atomic mass is 16.6. The maximum absolute atomic E-state index is 12.9. The van der Waals surface area contributed by atoms with E-state index in [0.717, 1.165) is 103 Å². The van der Waals surface area contributed by atoms with E-state index in [1.54, 1.807) is 0 Å². The van der Waals surface area contributed by atoms with Crippen molar-refractivity contribution in [3.05, 3.63) is 72.9 Å². The Hall–Kier alpha value is -3.15. The highest BCUT2D eigenvalue weighted by Gasteiger charge is 2.19. The Bertz CT molecular complexity index is 1360. The predicted octanol–water partition coefficient (Wildman–Crippen LogP) is 21.3. The van der Waals surface area contributed by atoms with Gasteiger partial charge in [0.05, 0.1) is 0 Å². The zero-order chi connectivity index (χ0) is 52.9. The third kappa shape index (κ3) is 59.6. The van der Waals surface area contributed by atoms with Gasteiger partial charge in [-0.05, 0) is 103 Å². The van der Waals surface area contributed by atoms with E-state index in [4.69, 9.17) is 14.2 Å². The van der Waals surface area contributed by atoms with Crippen LogP contribution in [0.15, 0.2) is 72.9 Å². The molecule has 0 radical (unpaired) electrons. The molecule has 0 heterocycles. The molecule has 0 saturated carbocycles. The number of hydrogen-bond donors (Lipinski definition) is 0. The number of esters is 3. The average molecular weight is 1020 g/mol. The van der Waals surface area contributed by atoms with Gasteiger partial charge in [0.15, 0.2) is 6.10 Å². The van der Waals surface area contributed by atoms with Crippen molar-refractivity contribution in [1.29, 1.82) is 0 Å². The minimum absolute atomic E-state index is 0.0785. The summed E-state index contributed by atoms with van der Waals surface area (Å²) >= 11 is 0. The average Bonchev–Trinajstić information content (AvgIpc) is 3.39. The molecule has 0 aliphatic carbocycles. The molecule has 6 nitrogen and oxygen atoms in total. The summed E-state index contributed by atoms with van der Waals surface area (Å²) in [5.74, 6) is -0.885. The summed E-state index contributed by atoms with van der Waals surface area (Å²) in [6.45, 7) is 6.50. The molecule has 0 aromatic heterocycles. The van der Waals surface area contributed by atoms with Gasteiger partial charge in [0.2, 0.25) is 0 Å². The van der Waals surface area contributed by atoms with Gasteiger partial charge < -0.3 is 14.2 Å². The number of allylic oxidation sites excluding steroid dienone is 12. The van der Waals surface area contributed by atoms with Crippen LogP contribution in [0.3, 0.4) is 0 Å². The molecule has 0 N–H and O–H groups in total. The first-order valence-corrected chi connectivity index (χ1v) is 31.4. The highest BCUT2D eigenvalue weighted by Crippen LogP contribution is 2.16. The summed E-state index contributed by atoms with van der Waals surface area (Å²) in [5, 5.41) is 0. The molecule has 73 heavy (non-hydrogen) atoms. The van der Waals surface area contributed by atoms with Gasteiger partial charge in [-0.3, -0.25) is 14.4 Å². The largest absolute Gasteiger partial charge is 0.462 e. The van der Waals surface area contributed by atoms with Gasteiger partial charge in [0.1, 0.15) is 13.2 Å². The van der Waals surface area contributed by atoms with Crippen molar-refractivity contribution < 1.29 is 28.6 Å². The van der Waals surface area contributed by atoms with Gasteiger partial charge in [-0.15, -0.1) is 0 Å². The molecule has 0 spiro atoms. The van der Waals surface area contributed by atoms with E-state index in [1.165, 1.54) is 173 Å². The maximum atomic E-state index is 12.9. The van der Waals surface area contributed by atoms with Crippen molar-refractivity contribution in [2.45, 2.75) is 322 Å². The number of unbranched alkanes of at least 4 members (excludes halogenated alkanes) is 34. The molecule has 0 saturated heterocycles. The van der Waals surface area contributed by atoms with Crippen molar-refractivity contribution in [3.8, 4) is 0 Å². The van der Waals surface area contributed by atoms with Gasteiger partial charge in [-0.25, -0.2) is 0 Å². The minimum atomic E-state index is -0.781. The lowest BCUT2D eigenvalue weighted by Gasteiger charge is -2.18. The number of hydrogen-bond acceptors (Lipinski definition) is 6. The zero-order valence-electron chi connectivity index (χ0n) is 48.4. The minimum Gasteiger partial charge on any atom is -0.462 e. The molecule has 422 valence electrons. The van der Waals surface area contributed by atoms with Crippen LogP contribution in [0.25, 0.3) is 0 Å². The Morgan fingerprint density at radius 1 is 0.288 bits per heavy atom. The van der Waals surface area contributed by atoms with Crippen LogP contribution < -0.4 is 0 Å². The van der Waals surface area contributed by atoms with E-state index in [9.17, 15) is 14.4 Å². The SMILES string of the molecule is CC/C=C\C/C=C\C/C=C\C/C=C\CCCCCCCCCCCCCCCCCCC(=O)OCC(COC(=O)CCCCCCC/C=C\CCCC)OC(=O)CCCCCCC/C=C\CCCCCCCC. The molecular formula is C67H118O6. The lowest BCUT2D eigenvalue weighted by Crippen LogP contribution is -2.30. The fourth-order valence-corrected chi connectivity index (χ4v) is 8.94. The molecule has 0 aliphatic rings. The van der Waals surface area contributed by atoms with Gasteiger partial charge in [-0.2, -0.15) is 0 Å². The first kappa shape index (κ1) is 69.8. The van der Waals surface area contributed by atoms with Crippen LogP contribution in [-0.2, 0) is 28.6 Å². The van der Waals surface area contributed by atoms with E-state index in [2.05, 4.69) is 93.7 Å². The fourth-order valence-electron chi connectivity index (χ4n) is 8.94. The van der Waals surface area contributed by atoms with E-state index < -0.39 is 6.10 Å². The van der Waals surface area contributed by atoms with E-state index in [-0.39, 0.29) is 31.1 Å². The summed E-state index contributed by atoms with van der Waals surface area (Å²) in [6, 6.07) is 0. The molecule has 0 aromatic rings. The van der Waals surface area contributed by atoms with Crippen molar-refractivity contribution in [1.82, 2.24) is 0 Å². The predicted molar refractivity (Wildman–Crippen MR) is 316 cm³/mol. The molecule has 0 aliphatic heterocycles. The Morgan fingerprint density at radius 3 is 0.890 bits per heavy atom. The number of carbonyl (C=O) groups excluding carboxylic acids is 3. The molecule has 0 aromatic carbocycles. The summed E-state index contributed by atoms with van der Waals surface area (Å²) in [4.78, 5) is 38.2. The third-order valence-corrected chi connectivity index (χ3v) is 13.7. The Morgan fingerprint density at radius 2 is 0.548 bits per heavy atom. The highest BCUT2D eigenvalue weighted by molar-refractivity contribution is 5.71. The second-order valence-corrected chi connectivity index (χ2v) is 20.9. The van der Waals surface area contributed by atoms with Crippen LogP contribution in [-0.4, -0.2) is 37.2 Å². The first-order valence-electron chi connectivity index (χ1n) is 31.4. The van der Waals surface area contributed by atoms with Crippen molar-refractivity contribution in [3.63, 3.8) is 0 Å². The molecule has 1 unspecified atom stereocenters. The summed E-state index contributed by atoms with van der Waals surface area (Å²) in [5.41, 5.74) is 0. The molecular weight excluding hydrogens is 901 g/mol. The maximum Gasteiger partial charge on any atom is 0.306 e. The monoisotopic (exact) mass is 1020 g/mol. The lowest BCUT2D eigenvalue weighted by molar-refractivity contribution is -0.167. The number of ether oxygens (including phenoxy) is 3. The molecule has 6 heteroatoms. The quantitative estimate of drug-likeness (QED) is 0.0261. The van der Waals surface area contributed by atoms with Crippen molar-refractivity contribution in [2.24, 2.45) is 0 Å². The van der Waals surface area contributed by atoms with E-state index in [1.807, 2.05) is 0 Å². The van der Waals surface area contributed by atoms with Crippen LogP contribution in [0.5, 0.6) is 0 Å². The summed E-state index contributed by atoms with van der Waals surface area (Å²) < 4.78 is 16.9.